The first-order valence-electron chi connectivity index (χ1n) is 8.26. The molecule has 26 heavy (non-hydrogen) atoms. The Balaban J connectivity index is 1.41. The molecular formula is C20H20N2O4. The molecule has 0 aliphatic heterocycles. The Kier molecular flexibility index (Phi) is 5.88. The van der Waals surface area contributed by atoms with Gasteiger partial charge in [0.05, 0.1) is 25.4 Å². The number of hydrogen-bond donors (Lipinski definition) is 0. The number of nitrogens with zero attached hydrogens (tertiary/aromatic N) is 2. The summed E-state index contributed by atoms with van der Waals surface area (Å²) >= 11 is 0. The summed E-state index contributed by atoms with van der Waals surface area (Å²) < 4.78 is 17.5. The number of hydrogen-bond acceptors (Lipinski definition) is 5. The van der Waals surface area contributed by atoms with Crippen molar-refractivity contribution in [2.45, 2.75) is 6.42 Å². The van der Waals surface area contributed by atoms with Gasteiger partial charge in [-0.25, -0.2) is 4.68 Å². The van der Waals surface area contributed by atoms with Crippen LogP contribution in [0.4, 0.5) is 0 Å². The van der Waals surface area contributed by atoms with Gasteiger partial charge in [0.2, 0.25) is 0 Å². The SMILES string of the molecule is COc1ccc(OCCOC(=O)Cc2cnn(-c3ccccc3)c2)cc1. The van der Waals surface area contributed by atoms with Gasteiger partial charge in [-0.3, -0.25) is 4.79 Å². The van der Waals surface area contributed by atoms with Crippen molar-refractivity contribution in [3.63, 3.8) is 0 Å². The van der Waals surface area contributed by atoms with Crippen molar-refractivity contribution in [1.82, 2.24) is 9.78 Å². The Morgan fingerprint density at radius 3 is 2.46 bits per heavy atom. The van der Waals surface area contributed by atoms with Crippen LogP contribution in [0.15, 0.2) is 67.0 Å². The highest BCUT2D eigenvalue weighted by molar-refractivity contribution is 5.72. The van der Waals surface area contributed by atoms with Crippen molar-refractivity contribution in [3.05, 3.63) is 72.6 Å². The second kappa shape index (κ2) is 8.71. The molecule has 0 atom stereocenters. The summed E-state index contributed by atoms with van der Waals surface area (Å²) in [6.07, 6.45) is 3.67. The molecule has 0 aliphatic rings. The minimum atomic E-state index is -0.309. The molecule has 1 aromatic heterocycles. The molecule has 0 saturated carbocycles. The fourth-order valence-corrected chi connectivity index (χ4v) is 2.38. The highest BCUT2D eigenvalue weighted by Gasteiger charge is 2.08. The molecule has 134 valence electrons. The van der Waals surface area contributed by atoms with Gasteiger partial charge < -0.3 is 14.2 Å². The van der Waals surface area contributed by atoms with Gasteiger partial charge >= 0.3 is 5.97 Å². The minimum Gasteiger partial charge on any atom is -0.497 e. The van der Waals surface area contributed by atoms with Gasteiger partial charge in [0.1, 0.15) is 24.7 Å². The topological polar surface area (TPSA) is 62.6 Å². The zero-order valence-corrected chi connectivity index (χ0v) is 14.5. The van der Waals surface area contributed by atoms with E-state index in [-0.39, 0.29) is 19.0 Å². The molecule has 1 heterocycles. The van der Waals surface area contributed by atoms with Crippen molar-refractivity contribution < 1.29 is 19.0 Å². The lowest BCUT2D eigenvalue weighted by molar-refractivity contribution is -0.143. The zero-order chi connectivity index (χ0) is 18.2. The molecule has 6 heteroatoms. The van der Waals surface area contributed by atoms with E-state index in [9.17, 15) is 4.79 Å². The Bertz CT molecular complexity index is 829. The highest BCUT2D eigenvalue weighted by Crippen LogP contribution is 2.16. The summed E-state index contributed by atoms with van der Waals surface area (Å²) in [5.74, 6) is 1.15. The van der Waals surface area contributed by atoms with E-state index in [2.05, 4.69) is 5.10 Å². The van der Waals surface area contributed by atoms with Gasteiger partial charge in [0.15, 0.2) is 0 Å². The first-order valence-corrected chi connectivity index (χ1v) is 8.26. The van der Waals surface area contributed by atoms with Gasteiger partial charge in [-0.05, 0) is 36.4 Å². The first kappa shape index (κ1) is 17.5. The van der Waals surface area contributed by atoms with Gasteiger partial charge in [-0.2, -0.15) is 5.10 Å². The number of aromatic nitrogens is 2. The Morgan fingerprint density at radius 2 is 1.73 bits per heavy atom. The number of benzene rings is 2. The molecule has 0 N–H and O–H groups in total. The molecule has 0 radical (unpaired) electrons. The Hall–Kier alpha value is -3.28. The van der Waals surface area contributed by atoms with Crippen LogP contribution in [0, 0.1) is 0 Å². The van der Waals surface area contributed by atoms with Crippen LogP contribution in [0.2, 0.25) is 0 Å². The predicted octanol–water partition coefficient (Wildman–Crippen LogP) is 3.05. The molecule has 0 spiro atoms. The third kappa shape index (κ3) is 4.86. The van der Waals surface area contributed by atoms with Crippen LogP contribution in [0.1, 0.15) is 5.56 Å². The van der Waals surface area contributed by atoms with Crippen LogP contribution < -0.4 is 9.47 Å². The van der Waals surface area contributed by atoms with Gasteiger partial charge in [-0.1, -0.05) is 18.2 Å². The van der Waals surface area contributed by atoms with E-state index >= 15 is 0 Å². The molecule has 0 fully saturated rings. The van der Waals surface area contributed by atoms with Crippen molar-refractivity contribution in [1.29, 1.82) is 0 Å². The van der Waals surface area contributed by atoms with Crippen molar-refractivity contribution in [3.8, 4) is 17.2 Å². The summed E-state index contributed by atoms with van der Waals surface area (Å²) in [6.45, 7) is 0.485. The van der Waals surface area contributed by atoms with Gasteiger partial charge in [-0.15, -0.1) is 0 Å². The summed E-state index contributed by atoms with van der Waals surface area (Å²) in [5, 5.41) is 4.26. The Labute approximate surface area is 151 Å². The molecule has 0 unspecified atom stereocenters. The van der Waals surface area contributed by atoms with E-state index in [1.807, 2.05) is 48.7 Å². The van der Waals surface area contributed by atoms with Crippen molar-refractivity contribution >= 4 is 5.97 Å². The molecule has 3 rings (SSSR count). The predicted molar refractivity (Wildman–Crippen MR) is 96.7 cm³/mol. The Morgan fingerprint density at radius 1 is 1.00 bits per heavy atom. The van der Waals surface area contributed by atoms with Crippen molar-refractivity contribution in [2.75, 3.05) is 20.3 Å². The lowest BCUT2D eigenvalue weighted by atomic mass is 10.2. The number of para-hydroxylation sites is 1. The molecule has 0 aliphatic carbocycles. The van der Waals surface area contributed by atoms with Crippen LogP contribution in [0.5, 0.6) is 11.5 Å². The number of rotatable bonds is 8. The zero-order valence-electron chi connectivity index (χ0n) is 14.5. The molecule has 0 saturated heterocycles. The first-order chi connectivity index (χ1) is 12.7. The summed E-state index contributed by atoms with van der Waals surface area (Å²) in [6, 6.07) is 17.0. The smallest absolute Gasteiger partial charge is 0.310 e. The minimum absolute atomic E-state index is 0.176. The van der Waals surface area contributed by atoms with Crippen LogP contribution in [-0.2, 0) is 16.0 Å². The number of carbonyl (C=O) groups excluding carboxylic acids is 1. The quantitative estimate of drug-likeness (QED) is 0.461. The van der Waals surface area contributed by atoms with E-state index in [4.69, 9.17) is 14.2 Å². The molecule has 3 aromatic rings. The summed E-state index contributed by atoms with van der Waals surface area (Å²) in [4.78, 5) is 11.9. The number of carbonyl (C=O) groups is 1. The maximum absolute atomic E-state index is 11.9. The van der Waals surface area contributed by atoms with Crippen LogP contribution in [0.3, 0.4) is 0 Å². The van der Waals surface area contributed by atoms with E-state index < -0.39 is 0 Å². The number of esters is 1. The second-order valence-corrected chi connectivity index (χ2v) is 5.55. The molecule has 0 bridgehead atoms. The van der Waals surface area contributed by atoms with E-state index in [0.717, 1.165) is 17.0 Å². The lowest BCUT2D eigenvalue weighted by Crippen LogP contribution is -2.13. The number of ether oxygens (including phenoxy) is 3. The van der Waals surface area contributed by atoms with Gasteiger partial charge in [0.25, 0.3) is 0 Å². The molecular weight excluding hydrogens is 332 g/mol. The van der Waals surface area contributed by atoms with E-state index in [1.165, 1.54) is 0 Å². The molecule has 6 nitrogen and oxygen atoms in total. The van der Waals surface area contributed by atoms with Crippen molar-refractivity contribution in [2.24, 2.45) is 0 Å². The van der Waals surface area contributed by atoms with Crippen LogP contribution >= 0.6 is 0 Å². The maximum atomic E-state index is 11.9. The second-order valence-electron chi connectivity index (χ2n) is 5.55. The average Bonchev–Trinajstić information content (AvgIpc) is 3.15. The lowest BCUT2D eigenvalue weighted by Gasteiger charge is -2.07. The normalized spacial score (nSPS) is 10.3. The fourth-order valence-electron chi connectivity index (χ4n) is 2.38. The summed E-state index contributed by atoms with van der Waals surface area (Å²) in [7, 11) is 1.61. The van der Waals surface area contributed by atoms with Crippen LogP contribution in [0.25, 0.3) is 5.69 Å². The molecule has 2 aromatic carbocycles. The van der Waals surface area contributed by atoms with Crippen LogP contribution in [-0.4, -0.2) is 36.1 Å². The average molecular weight is 352 g/mol. The monoisotopic (exact) mass is 352 g/mol. The fraction of sp³-hybridized carbons (Fsp3) is 0.200. The molecule has 0 amide bonds. The highest BCUT2D eigenvalue weighted by atomic mass is 16.6. The van der Waals surface area contributed by atoms with E-state index in [0.29, 0.717) is 12.4 Å². The summed E-state index contributed by atoms with van der Waals surface area (Å²) in [5.41, 5.74) is 1.75. The maximum Gasteiger partial charge on any atom is 0.310 e. The largest absolute Gasteiger partial charge is 0.497 e. The standard InChI is InChI=1S/C20H20N2O4/c1-24-18-7-9-19(10-8-18)25-11-12-26-20(23)13-16-14-21-22(15-16)17-5-3-2-4-6-17/h2-10,14-15H,11-13H2,1H3. The third-order valence-electron chi connectivity index (χ3n) is 3.68. The third-order valence-corrected chi connectivity index (χ3v) is 3.68. The van der Waals surface area contributed by atoms with Gasteiger partial charge in [0, 0.05) is 11.8 Å². The van der Waals surface area contributed by atoms with E-state index in [1.54, 1.807) is 30.1 Å². The number of methoxy groups -OCH3 is 1.